The van der Waals surface area contributed by atoms with E-state index in [0.717, 1.165) is 0 Å². The minimum atomic E-state index is -0.0341. The summed E-state index contributed by atoms with van der Waals surface area (Å²) in [5, 5.41) is 0. The number of hydrogen-bond donors (Lipinski definition) is 0. The van der Waals surface area contributed by atoms with E-state index in [2.05, 4.69) is 13.8 Å². The second-order valence-electron chi connectivity index (χ2n) is 4.77. The molecule has 0 aromatic rings. The van der Waals surface area contributed by atoms with Crippen molar-refractivity contribution < 1.29 is 9.53 Å². The summed E-state index contributed by atoms with van der Waals surface area (Å²) in [6.45, 7) is 6.86. The van der Waals surface area contributed by atoms with Gasteiger partial charge in [-0.05, 0) is 31.1 Å². The first kappa shape index (κ1) is 11.5. The number of carbonyl (C=O) groups excluding carboxylic acids is 1. The van der Waals surface area contributed by atoms with Crippen LogP contribution >= 0.6 is 0 Å². The van der Waals surface area contributed by atoms with E-state index in [4.69, 9.17) is 4.74 Å². The molecule has 0 bridgehead atoms. The van der Waals surface area contributed by atoms with Gasteiger partial charge < -0.3 is 4.74 Å². The Balaban J connectivity index is 2.40. The van der Waals surface area contributed by atoms with Crippen molar-refractivity contribution in [1.29, 1.82) is 0 Å². The molecule has 14 heavy (non-hydrogen) atoms. The molecule has 1 fully saturated rings. The van der Waals surface area contributed by atoms with Gasteiger partial charge >= 0.3 is 5.97 Å². The molecule has 0 amide bonds. The summed E-state index contributed by atoms with van der Waals surface area (Å²) < 4.78 is 4.98. The van der Waals surface area contributed by atoms with E-state index in [1.807, 2.05) is 6.92 Å². The number of ether oxygens (including phenoxy) is 1. The van der Waals surface area contributed by atoms with E-state index in [1.54, 1.807) is 0 Å². The van der Waals surface area contributed by atoms with Gasteiger partial charge in [0.25, 0.3) is 0 Å². The maximum Gasteiger partial charge on any atom is 0.306 e. The van der Waals surface area contributed by atoms with Gasteiger partial charge in [-0.1, -0.05) is 26.7 Å². The van der Waals surface area contributed by atoms with Crippen LogP contribution in [-0.2, 0) is 9.53 Å². The van der Waals surface area contributed by atoms with E-state index < -0.39 is 0 Å². The van der Waals surface area contributed by atoms with E-state index in [9.17, 15) is 4.79 Å². The minimum absolute atomic E-state index is 0.0341. The van der Waals surface area contributed by atoms with E-state index in [-0.39, 0.29) is 5.97 Å². The van der Waals surface area contributed by atoms with Crippen molar-refractivity contribution in [2.45, 2.75) is 52.9 Å². The van der Waals surface area contributed by atoms with Crippen molar-refractivity contribution in [3.8, 4) is 0 Å². The van der Waals surface area contributed by atoms with Gasteiger partial charge in [0, 0.05) is 6.42 Å². The second kappa shape index (κ2) is 4.81. The summed E-state index contributed by atoms with van der Waals surface area (Å²) in [5.74, 6) is 0.428. The molecule has 1 rings (SSSR count). The Morgan fingerprint density at radius 2 is 2.00 bits per heavy atom. The number of carbonyl (C=O) groups is 1. The highest BCUT2D eigenvalue weighted by Crippen LogP contribution is 2.44. The third kappa shape index (κ3) is 2.73. The molecule has 1 unspecified atom stereocenters. The molecule has 0 saturated heterocycles. The van der Waals surface area contributed by atoms with Gasteiger partial charge in [-0.15, -0.1) is 0 Å². The average molecular weight is 198 g/mol. The molecule has 0 radical (unpaired) electrons. The molecule has 82 valence electrons. The number of hydrogen-bond acceptors (Lipinski definition) is 2. The molecule has 2 nitrogen and oxygen atoms in total. The predicted octanol–water partition coefficient (Wildman–Crippen LogP) is 3.16. The third-order valence-electron chi connectivity index (χ3n) is 3.71. The van der Waals surface area contributed by atoms with Gasteiger partial charge in [0.1, 0.15) is 0 Å². The standard InChI is InChI=1S/C12H22O2/c1-4-14-11(13)9-10(2)12(3)7-5-6-8-12/h10H,4-9H2,1-3H3. The lowest BCUT2D eigenvalue weighted by molar-refractivity contribution is -0.145. The highest BCUT2D eigenvalue weighted by molar-refractivity contribution is 5.69. The highest BCUT2D eigenvalue weighted by Gasteiger charge is 2.35. The summed E-state index contributed by atoms with van der Waals surface area (Å²) >= 11 is 0. The first-order chi connectivity index (χ1) is 6.58. The van der Waals surface area contributed by atoms with Crippen LogP contribution in [0.4, 0.5) is 0 Å². The van der Waals surface area contributed by atoms with Crippen LogP contribution < -0.4 is 0 Å². The highest BCUT2D eigenvalue weighted by atomic mass is 16.5. The molecule has 1 aliphatic carbocycles. The topological polar surface area (TPSA) is 26.3 Å². The zero-order valence-electron chi connectivity index (χ0n) is 9.64. The van der Waals surface area contributed by atoms with Gasteiger partial charge in [0.05, 0.1) is 6.61 Å². The van der Waals surface area contributed by atoms with Gasteiger partial charge in [0.15, 0.2) is 0 Å². The van der Waals surface area contributed by atoms with Crippen molar-refractivity contribution >= 4 is 5.97 Å². The summed E-state index contributed by atoms with van der Waals surface area (Å²) in [5.41, 5.74) is 0.382. The Morgan fingerprint density at radius 1 is 1.43 bits per heavy atom. The molecule has 0 heterocycles. The lowest BCUT2D eigenvalue weighted by Crippen LogP contribution is -2.24. The summed E-state index contributed by atoms with van der Waals surface area (Å²) in [6.07, 6.45) is 5.78. The predicted molar refractivity (Wildman–Crippen MR) is 57.0 cm³/mol. The van der Waals surface area contributed by atoms with Crippen LogP contribution in [0.15, 0.2) is 0 Å². The zero-order valence-corrected chi connectivity index (χ0v) is 9.64. The summed E-state index contributed by atoms with van der Waals surface area (Å²) in [4.78, 5) is 11.3. The van der Waals surface area contributed by atoms with Gasteiger partial charge in [-0.25, -0.2) is 0 Å². The molecule has 1 saturated carbocycles. The van der Waals surface area contributed by atoms with Crippen LogP contribution in [0, 0.1) is 11.3 Å². The maximum atomic E-state index is 11.3. The molecule has 0 aliphatic heterocycles. The third-order valence-corrected chi connectivity index (χ3v) is 3.71. The lowest BCUT2D eigenvalue weighted by atomic mass is 9.75. The first-order valence-corrected chi connectivity index (χ1v) is 5.74. The number of esters is 1. The van der Waals surface area contributed by atoms with Crippen molar-refractivity contribution in [2.75, 3.05) is 6.61 Å². The zero-order chi connectivity index (χ0) is 10.6. The Hall–Kier alpha value is -0.530. The largest absolute Gasteiger partial charge is 0.466 e. The fourth-order valence-electron chi connectivity index (χ4n) is 2.39. The molecular weight excluding hydrogens is 176 g/mol. The van der Waals surface area contributed by atoms with E-state index >= 15 is 0 Å². The molecule has 0 aromatic heterocycles. The molecular formula is C12H22O2. The fraction of sp³-hybridized carbons (Fsp3) is 0.917. The minimum Gasteiger partial charge on any atom is -0.466 e. The monoisotopic (exact) mass is 198 g/mol. The smallest absolute Gasteiger partial charge is 0.306 e. The Kier molecular flexibility index (Phi) is 3.97. The molecule has 1 aliphatic rings. The Bertz CT molecular complexity index is 192. The Morgan fingerprint density at radius 3 is 2.50 bits per heavy atom. The normalized spacial score (nSPS) is 21.9. The molecule has 0 aromatic carbocycles. The molecule has 0 spiro atoms. The fourth-order valence-corrected chi connectivity index (χ4v) is 2.39. The maximum absolute atomic E-state index is 11.3. The number of rotatable bonds is 4. The SMILES string of the molecule is CCOC(=O)CC(C)C1(C)CCCC1. The van der Waals surface area contributed by atoms with Crippen LogP contribution in [0.5, 0.6) is 0 Å². The van der Waals surface area contributed by atoms with Gasteiger partial charge in [-0.2, -0.15) is 0 Å². The van der Waals surface area contributed by atoms with Gasteiger partial charge in [0.2, 0.25) is 0 Å². The van der Waals surface area contributed by atoms with Crippen molar-refractivity contribution in [2.24, 2.45) is 11.3 Å². The van der Waals surface area contributed by atoms with Crippen molar-refractivity contribution in [1.82, 2.24) is 0 Å². The van der Waals surface area contributed by atoms with Crippen molar-refractivity contribution in [3.05, 3.63) is 0 Å². The summed E-state index contributed by atoms with van der Waals surface area (Å²) in [7, 11) is 0. The van der Waals surface area contributed by atoms with Crippen molar-refractivity contribution in [3.63, 3.8) is 0 Å². The molecule has 1 atom stereocenters. The van der Waals surface area contributed by atoms with E-state index in [0.29, 0.717) is 24.4 Å². The summed E-state index contributed by atoms with van der Waals surface area (Å²) in [6, 6.07) is 0. The molecule has 0 N–H and O–H groups in total. The quantitative estimate of drug-likeness (QED) is 0.649. The molecule has 2 heteroatoms. The average Bonchev–Trinajstić information content (AvgIpc) is 2.54. The first-order valence-electron chi connectivity index (χ1n) is 5.74. The Labute approximate surface area is 87.0 Å². The van der Waals surface area contributed by atoms with Crippen LogP contribution in [-0.4, -0.2) is 12.6 Å². The lowest BCUT2D eigenvalue weighted by Gasteiger charge is -2.30. The van der Waals surface area contributed by atoms with Crippen LogP contribution in [0.25, 0.3) is 0 Å². The van der Waals surface area contributed by atoms with Gasteiger partial charge in [-0.3, -0.25) is 4.79 Å². The van der Waals surface area contributed by atoms with E-state index in [1.165, 1.54) is 25.7 Å². The van der Waals surface area contributed by atoms with Crippen LogP contribution in [0.2, 0.25) is 0 Å². The van der Waals surface area contributed by atoms with Crippen LogP contribution in [0.1, 0.15) is 52.9 Å². The second-order valence-corrected chi connectivity index (χ2v) is 4.77. The van der Waals surface area contributed by atoms with Crippen LogP contribution in [0.3, 0.4) is 0 Å².